The molecule has 0 atom stereocenters. The molecular formula is C28H32N2O6. The van der Waals surface area contributed by atoms with E-state index in [9.17, 15) is 14.4 Å². The van der Waals surface area contributed by atoms with Gasteiger partial charge < -0.3 is 19.2 Å². The average molecular weight is 493 g/mol. The van der Waals surface area contributed by atoms with Crippen LogP contribution in [-0.2, 0) is 36.7 Å². The molecule has 0 saturated carbocycles. The number of carbonyl (C=O) groups is 3. The van der Waals surface area contributed by atoms with Crippen molar-refractivity contribution in [2.24, 2.45) is 0 Å². The predicted molar refractivity (Wildman–Crippen MR) is 135 cm³/mol. The van der Waals surface area contributed by atoms with E-state index in [0.29, 0.717) is 18.0 Å². The Morgan fingerprint density at radius 3 is 1.94 bits per heavy atom. The van der Waals surface area contributed by atoms with E-state index in [-0.39, 0.29) is 19.6 Å². The number of carbonyl (C=O) groups excluding carboxylic acids is 3. The summed E-state index contributed by atoms with van der Waals surface area (Å²) in [5.74, 6) is -1.66. The highest BCUT2D eigenvalue weighted by Crippen LogP contribution is 2.26. The summed E-state index contributed by atoms with van der Waals surface area (Å²) in [5.41, 5.74) is 2.66. The maximum absolute atomic E-state index is 12.8. The van der Waals surface area contributed by atoms with Crippen molar-refractivity contribution in [3.63, 3.8) is 0 Å². The van der Waals surface area contributed by atoms with E-state index in [1.165, 1.54) is 12.5 Å². The lowest BCUT2D eigenvalue weighted by atomic mass is 9.90. The number of rotatable bonds is 11. The van der Waals surface area contributed by atoms with Crippen LogP contribution in [0.3, 0.4) is 0 Å². The zero-order valence-corrected chi connectivity index (χ0v) is 21.1. The predicted octanol–water partition coefficient (Wildman–Crippen LogP) is 4.50. The first-order chi connectivity index (χ1) is 17.3. The molecule has 3 rings (SSSR count). The maximum Gasteiger partial charge on any atom is 0.343 e. The van der Waals surface area contributed by atoms with Crippen LogP contribution < -0.4 is 5.32 Å². The number of nitrogens with zero attached hydrogens (tertiary/aromatic N) is 1. The Morgan fingerprint density at radius 2 is 1.42 bits per heavy atom. The van der Waals surface area contributed by atoms with Gasteiger partial charge in [0.15, 0.2) is 0 Å². The highest BCUT2D eigenvalue weighted by molar-refractivity contribution is 6.07. The monoisotopic (exact) mass is 492 g/mol. The molecule has 0 aliphatic heterocycles. The van der Waals surface area contributed by atoms with Gasteiger partial charge in [0.2, 0.25) is 17.3 Å². The molecular weight excluding hydrogens is 460 g/mol. The zero-order valence-electron chi connectivity index (χ0n) is 21.1. The van der Waals surface area contributed by atoms with Crippen LogP contribution in [-0.4, -0.2) is 41.6 Å². The third kappa shape index (κ3) is 6.19. The van der Waals surface area contributed by atoms with Crippen molar-refractivity contribution in [1.29, 1.82) is 0 Å². The molecule has 8 heteroatoms. The third-order valence-corrected chi connectivity index (χ3v) is 5.79. The topological polar surface area (TPSA) is 108 Å². The van der Waals surface area contributed by atoms with Gasteiger partial charge in [-0.1, -0.05) is 43.3 Å². The van der Waals surface area contributed by atoms with Crippen molar-refractivity contribution in [2.75, 3.05) is 13.2 Å². The lowest BCUT2D eigenvalue weighted by molar-refractivity contribution is -0.168. The van der Waals surface area contributed by atoms with E-state index < -0.39 is 23.4 Å². The van der Waals surface area contributed by atoms with Crippen molar-refractivity contribution in [3.05, 3.63) is 65.9 Å². The highest BCUT2D eigenvalue weighted by atomic mass is 16.6. The van der Waals surface area contributed by atoms with E-state index in [1.54, 1.807) is 20.1 Å². The Morgan fingerprint density at radius 1 is 0.861 bits per heavy atom. The van der Waals surface area contributed by atoms with Crippen LogP contribution in [0, 0.1) is 0 Å². The van der Waals surface area contributed by atoms with E-state index in [0.717, 1.165) is 23.1 Å². The van der Waals surface area contributed by atoms with Crippen molar-refractivity contribution in [3.8, 4) is 22.7 Å². The molecule has 36 heavy (non-hydrogen) atoms. The molecule has 0 radical (unpaired) electrons. The number of esters is 2. The molecule has 0 aliphatic rings. The molecule has 0 bridgehead atoms. The first kappa shape index (κ1) is 26.7. The van der Waals surface area contributed by atoms with Crippen LogP contribution in [0.15, 0.2) is 59.2 Å². The number of aryl methyl sites for hydroxylation is 2. The minimum Gasteiger partial charge on any atom is -0.464 e. The van der Waals surface area contributed by atoms with E-state index in [2.05, 4.69) is 29.4 Å². The Kier molecular flexibility index (Phi) is 9.00. The highest BCUT2D eigenvalue weighted by Gasteiger charge is 2.49. The molecule has 0 unspecified atom stereocenters. The largest absolute Gasteiger partial charge is 0.464 e. The van der Waals surface area contributed by atoms with E-state index >= 15 is 0 Å². The number of ether oxygens (including phenoxy) is 2. The Bertz CT molecular complexity index is 1160. The van der Waals surface area contributed by atoms with Gasteiger partial charge in [-0.25, -0.2) is 14.6 Å². The first-order valence-corrected chi connectivity index (χ1v) is 12.1. The number of hydrogen-bond donors (Lipinski definition) is 1. The minimum absolute atomic E-state index is 0.00848. The summed E-state index contributed by atoms with van der Waals surface area (Å²) in [6.07, 6.45) is 2.90. The summed E-state index contributed by atoms with van der Waals surface area (Å²) in [7, 11) is 0. The molecule has 0 aliphatic carbocycles. The number of aromatic nitrogens is 1. The molecule has 1 amide bonds. The molecule has 8 nitrogen and oxygen atoms in total. The number of oxazole rings is 1. The van der Waals surface area contributed by atoms with Gasteiger partial charge in [0, 0.05) is 18.1 Å². The van der Waals surface area contributed by atoms with Crippen LogP contribution in [0.2, 0.25) is 0 Å². The van der Waals surface area contributed by atoms with Crippen LogP contribution in [0.5, 0.6) is 0 Å². The van der Waals surface area contributed by atoms with Gasteiger partial charge in [0.05, 0.1) is 13.2 Å². The summed E-state index contributed by atoms with van der Waals surface area (Å²) in [4.78, 5) is 42.0. The van der Waals surface area contributed by atoms with Crippen LogP contribution in [0.4, 0.5) is 0 Å². The molecule has 2 aromatic carbocycles. The van der Waals surface area contributed by atoms with Crippen molar-refractivity contribution in [1.82, 2.24) is 10.3 Å². The van der Waals surface area contributed by atoms with Gasteiger partial charge in [0.25, 0.3) is 0 Å². The van der Waals surface area contributed by atoms with E-state index in [1.807, 2.05) is 36.4 Å². The molecule has 0 fully saturated rings. The molecule has 3 aromatic rings. The standard InChI is InChI=1S/C28H32N2O6/c1-5-20-8-14-23(15-9-20)25-29-24(18-36-25)22-12-10-21(11-13-22)16-17-28(30-19(4)31,26(32)34-6-2)27(33)35-7-3/h8-15,18H,5-7,16-17H2,1-4H3,(H,30,31). The van der Waals surface area contributed by atoms with E-state index in [4.69, 9.17) is 13.9 Å². The molecule has 0 saturated heterocycles. The molecule has 1 N–H and O–H groups in total. The Labute approximate surface area is 211 Å². The van der Waals surface area contributed by atoms with Gasteiger partial charge in [0.1, 0.15) is 12.0 Å². The van der Waals surface area contributed by atoms with Gasteiger partial charge in [-0.2, -0.15) is 0 Å². The fourth-order valence-electron chi connectivity index (χ4n) is 3.86. The Hall–Kier alpha value is -3.94. The van der Waals surface area contributed by atoms with Gasteiger partial charge in [-0.05, 0) is 56.4 Å². The van der Waals surface area contributed by atoms with Crippen LogP contribution in [0.1, 0.15) is 45.2 Å². The normalized spacial score (nSPS) is 11.1. The fourth-order valence-corrected chi connectivity index (χ4v) is 3.86. The molecule has 190 valence electrons. The molecule has 1 heterocycles. The second-order valence-corrected chi connectivity index (χ2v) is 8.31. The molecule has 1 aromatic heterocycles. The van der Waals surface area contributed by atoms with Crippen LogP contribution >= 0.6 is 0 Å². The minimum atomic E-state index is -1.91. The number of benzene rings is 2. The van der Waals surface area contributed by atoms with Crippen LogP contribution in [0.25, 0.3) is 22.7 Å². The second kappa shape index (κ2) is 12.2. The quantitative estimate of drug-likeness (QED) is 0.310. The number of nitrogens with one attached hydrogen (secondary N) is 1. The average Bonchev–Trinajstić information content (AvgIpc) is 3.37. The molecule has 0 spiro atoms. The number of amides is 1. The second-order valence-electron chi connectivity index (χ2n) is 8.31. The summed E-state index contributed by atoms with van der Waals surface area (Å²) in [6, 6.07) is 15.7. The SMILES string of the molecule is CCOC(=O)C(CCc1ccc(-c2coc(-c3ccc(CC)cc3)n2)cc1)(NC(C)=O)C(=O)OCC. The van der Waals surface area contributed by atoms with Gasteiger partial charge in [-0.3, -0.25) is 4.79 Å². The van der Waals surface area contributed by atoms with Crippen molar-refractivity contribution in [2.45, 2.75) is 52.5 Å². The Balaban J connectivity index is 1.77. The maximum atomic E-state index is 12.8. The van der Waals surface area contributed by atoms with Crippen molar-refractivity contribution >= 4 is 17.8 Å². The summed E-state index contributed by atoms with van der Waals surface area (Å²) in [6.45, 7) is 6.75. The lowest BCUT2D eigenvalue weighted by Gasteiger charge is -2.29. The first-order valence-electron chi connectivity index (χ1n) is 12.1. The van der Waals surface area contributed by atoms with Gasteiger partial charge in [-0.15, -0.1) is 0 Å². The van der Waals surface area contributed by atoms with Gasteiger partial charge >= 0.3 is 11.9 Å². The number of hydrogen-bond acceptors (Lipinski definition) is 7. The third-order valence-electron chi connectivity index (χ3n) is 5.79. The smallest absolute Gasteiger partial charge is 0.343 e. The summed E-state index contributed by atoms with van der Waals surface area (Å²) < 4.78 is 15.9. The summed E-state index contributed by atoms with van der Waals surface area (Å²) >= 11 is 0. The fraction of sp³-hybridized carbons (Fsp3) is 0.357. The zero-order chi connectivity index (χ0) is 26.1. The van der Waals surface area contributed by atoms with Crippen molar-refractivity contribution < 1.29 is 28.3 Å². The lowest BCUT2D eigenvalue weighted by Crippen LogP contribution is -2.61. The summed E-state index contributed by atoms with van der Waals surface area (Å²) in [5, 5.41) is 2.49.